The van der Waals surface area contributed by atoms with E-state index < -0.39 is 0 Å². The van der Waals surface area contributed by atoms with E-state index in [1.807, 2.05) is 18.2 Å². The van der Waals surface area contributed by atoms with Gasteiger partial charge in [0.15, 0.2) is 0 Å². The minimum atomic E-state index is 0.0685. The summed E-state index contributed by atoms with van der Waals surface area (Å²) in [6, 6.07) is 14.0. The number of benzene rings is 2. The van der Waals surface area contributed by atoms with Crippen LogP contribution in [0, 0.1) is 5.41 Å². The Morgan fingerprint density at radius 1 is 1.14 bits per heavy atom. The molecule has 0 aliphatic carbocycles. The van der Waals surface area contributed by atoms with Crippen LogP contribution in [0.2, 0.25) is 0 Å². The maximum atomic E-state index is 7.68. The predicted octanol–water partition coefficient (Wildman–Crippen LogP) is 4.25. The average molecular weight is 300 g/mol. The Morgan fingerprint density at radius 2 is 1.81 bits per heavy atom. The van der Waals surface area contributed by atoms with Crippen LogP contribution in [0.3, 0.4) is 0 Å². The zero-order valence-corrected chi connectivity index (χ0v) is 13.3. The highest BCUT2D eigenvalue weighted by atomic mass is 32.2. The van der Waals surface area contributed by atoms with Crippen LogP contribution in [0.25, 0.3) is 0 Å². The third kappa shape index (κ3) is 3.79. The van der Waals surface area contributed by atoms with E-state index in [9.17, 15) is 0 Å². The molecule has 3 N–H and O–H groups in total. The molecule has 0 fully saturated rings. The molecule has 3 nitrogen and oxygen atoms in total. The third-order valence-corrected chi connectivity index (χ3v) is 4.32. The Hall–Kier alpha value is -1.94. The van der Waals surface area contributed by atoms with Gasteiger partial charge in [-0.25, -0.2) is 0 Å². The van der Waals surface area contributed by atoms with Crippen LogP contribution in [0.15, 0.2) is 52.3 Å². The van der Waals surface area contributed by atoms with Gasteiger partial charge in [-0.05, 0) is 41.8 Å². The first kappa shape index (κ1) is 15.4. The quantitative estimate of drug-likeness (QED) is 0.641. The first-order valence-corrected chi connectivity index (χ1v) is 7.63. The van der Waals surface area contributed by atoms with E-state index in [2.05, 4.69) is 38.1 Å². The smallest absolute Gasteiger partial charge is 0.123 e. The fourth-order valence-corrected chi connectivity index (χ4v) is 2.97. The summed E-state index contributed by atoms with van der Waals surface area (Å²) < 4.78 is 5.25. The lowest BCUT2D eigenvalue weighted by Crippen LogP contribution is -2.12. The van der Waals surface area contributed by atoms with E-state index >= 15 is 0 Å². The molecule has 0 saturated heterocycles. The van der Waals surface area contributed by atoms with Crippen molar-refractivity contribution in [1.29, 1.82) is 5.41 Å². The van der Waals surface area contributed by atoms with Crippen LogP contribution in [-0.4, -0.2) is 12.9 Å². The second kappa shape index (κ2) is 6.68. The molecule has 2 aromatic carbocycles. The van der Waals surface area contributed by atoms with Gasteiger partial charge in [0.2, 0.25) is 0 Å². The molecule has 0 aromatic heterocycles. The lowest BCUT2D eigenvalue weighted by atomic mass is 10.0. The van der Waals surface area contributed by atoms with Crippen molar-refractivity contribution in [1.82, 2.24) is 0 Å². The van der Waals surface area contributed by atoms with Crippen LogP contribution in [0.5, 0.6) is 5.75 Å². The van der Waals surface area contributed by atoms with Crippen molar-refractivity contribution in [3.05, 3.63) is 53.6 Å². The molecule has 0 unspecified atom stereocenters. The largest absolute Gasteiger partial charge is 0.497 e. The molecule has 0 spiro atoms. The molecule has 4 heteroatoms. The van der Waals surface area contributed by atoms with Gasteiger partial charge in [-0.2, -0.15) is 0 Å². The van der Waals surface area contributed by atoms with Crippen molar-refractivity contribution in [2.75, 3.05) is 7.11 Å². The van der Waals surface area contributed by atoms with E-state index in [1.165, 1.54) is 5.56 Å². The highest BCUT2D eigenvalue weighted by Gasteiger charge is 2.09. The van der Waals surface area contributed by atoms with Gasteiger partial charge in [0.1, 0.15) is 11.6 Å². The summed E-state index contributed by atoms with van der Waals surface area (Å²) in [6.07, 6.45) is 0. The van der Waals surface area contributed by atoms with Gasteiger partial charge in [-0.15, -0.1) is 0 Å². The van der Waals surface area contributed by atoms with Crippen molar-refractivity contribution < 1.29 is 4.74 Å². The average Bonchev–Trinajstić information content (AvgIpc) is 2.47. The Balaban J connectivity index is 2.31. The van der Waals surface area contributed by atoms with E-state index in [1.54, 1.807) is 18.9 Å². The van der Waals surface area contributed by atoms with Crippen molar-refractivity contribution in [3.8, 4) is 5.75 Å². The number of nitrogens with two attached hydrogens (primary N) is 1. The standard InChI is InChI=1S/C17H20N2OS/c1-11(2)12-4-7-14(8-5-12)21-16-10-13(20-3)6-9-15(16)17(18)19/h4-11H,1-3H3,(H3,18,19). The lowest BCUT2D eigenvalue weighted by molar-refractivity contribution is 0.413. The Kier molecular flexibility index (Phi) is 4.91. The summed E-state index contributed by atoms with van der Waals surface area (Å²) in [4.78, 5) is 2.05. The molecule has 2 aromatic rings. The fourth-order valence-electron chi connectivity index (χ4n) is 1.98. The minimum absolute atomic E-state index is 0.0685. The predicted molar refractivity (Wildman–Crippen MR) is 88.7 cm³/mol. The minimum Gasteiger partial charge on any atom is -0.497 e. The zero-order valence-electron chi connectivity index (χ0n) is 12.5. The molecule has 0 aliphatic heterocycles. The number of amidine groups is 1. The number of nitrogen functional groups attached to an aromatic ring is 1. The molecule has 0 heterocycles. The lowest BCUT2D eigenvalue weighted by Gasteiger charge is -2.11. The summed E-state index contributed by atoms with van der Waals surface area (Å²) >= 11 is 1.59. The second-order valence-electron chi connectivity index (χ2n) is 5.10. The van der Waals surface area contributed by atoms with Crippen molar-refractivity contribution in [3.63, 3.8) is 0 Å². The number of methoxy groups -OCH3 is 1. The molecule has 0 amide bonds. The second-order valence-corrected chi connectivity index (χ2v) is 6.22. The number of nitrogens with one attached hydrogen (secondary N) is 1. The van der Waals surface area contributed by atoms with Gasteiger partial charge in [0.05, 0.1) is 7.11 Å². The summed E-state index contributed by atoms with van der Waals surface area (Å²) in [5, 5.41) is 7.68. The number of hydrogen-bond acceptors (Lipinski definition) is 3. The molecular formula is C17H20N2OS. The first-order valence-electron chi connectivity index (χ1n) is 6.81. The Bertz CT molecular complexity index is 636. The van der Waals surface area contributed by atoms with E-state index in [0.717, 1.165) is 21.1 Å². The third-order valence-electron chi connectivity index (χ3n) is 3.25. The highest BCUT2D eigenvalue weighted by molar-refractivity contribution is 7.99. The first-order chi connectivity index (χ1) is 10.0. The number of hydrogen-bond donors (Lipinski definition) is 2. The zero-order chi connectivity index (χ0) is 15.4. The van der Waals surface area contributed by atoms with Crippen LogP contribution in [0.1, 0.15) is 30.9 Å². The number of rotatable bonds is 5. The van der Waals surface area contributed by atoms with Gasteiger partial charge in [-0.3, -0.25) is 5.41 Å². The Morgan fingerprint density at radius 3 is 2.33 bits per heavy atom. The van der Waals surface area contributed by atoms with Crippen molar-refractivity contribution in [2.24, 2.45) is 5.73 Å². The monoisotopic (exact) mass is 300 g/mol. The molecule has 21 heavy (non-hydrogen) atoms. The highest BCUT2D eigenvalue weighted by Crippen LogP contribution is 2.33. The molecule has 2 rings (SSSR count). The van der Waals surface area contributed by atoms with E-state index in [-0.39, 0.29) is 5.84 Å². The molecule has 0 radical (unpaired) electrons. The molecule has 110 valence electrons. The molecule has 0 saturated carbocycles. The van der Waals surface area contributed by atoms with E-state index in [4.69, 9.17) is 15.9 Å². The summed E-state index contributed by atoms with van der Waals surface area (Å²) in [5.74, 6) is 1.36. The van der Waals surface area contributed by atoms with Gasteiger partial charge < -0.3 is 10.5 Å². The Labute approximate surface area is 130 Å². The van der Waals surface area contributed by atoms with Gasteiger partial charge in [-0.1, -0.05) is 37.7 Å². The fraction of sp³-hybridized carbons (Fsp3) is 0.235. The summed E-state index contributed by atoms with van der Waals surface area (Å²) in [7, 11) is 1.63. The molecule has 0 atom stereocenters. The molecule has 0 bridgehead atoms. The van der Waals surface area contributed by atoms with Crippen LogP contribution in [0.4, 0.5) is 0 Å². The number of ether oxygens (including phenoxy) is 1. The van der Waals surface area contributed by atoms with E-state index in [0.29, 0.717) is 5.92 Å². The van der Waals surface area contributed by atoms with Crippen molar-refractivity contribution in [2.45, 2.75) is 29.6 Å². The van der Waals surface area contributed by atoms with Crippen LogP contribution in [-0.2, 0) is 0 Å². The maximum Gasteiger partial charge on any atom is 0.123 e. The van der Waals surface area contributed by atoms with Crippen LogP contribution < -0.4 is 10.5 Å². The van der Waals surface area contributed by atoms with Crippen LogP contribution >= 0.6 is 11.8 Å². The van der Waals surface area contributed by atoms with Gasteiger partial charge in [0, 0.05) is 15.4 Å². The topological polar surface area (TPSA) is 59.1 Å². The summed E-state index contributed by atoms with van der Waals surface area (Å²) in [6.45, 7) is 4.36. The summed E-state index contributed by atoms with van der Waals surface area (Å²) in [5.41, 5.74) is 7.70. The van der Waals surface area contributed by atoms with Crippen molar-refractivity contribution >= 4 is 17.6 Å². The molecular weight excluding hydrogens is 280 g/mol. The maximum absolute atomic E-state index is 7.68. The normalized spacial score (nSPS) is 10.7. The molecule has 0 aliphatic rings. The SMILES string of the molecule is COc1ccc(C(=N)N)c(Sc2ccc(C(C)C)cc2)c1. The van der Waals surface area contributed by atoms with Gasteiger partial charge >= 0.3 is 0 Å². The van der Waals surface area contributed by atoms with Gasteiger partial charge in [0.25, 0.3) is 0 Å².